The van der Waals surface area contributed by atoms with Gasteiger partial charge in [0.2, 0.25) is 0 Å². The predicted octanol–water partition coefficient (Wildman–Crippen LogP) is 1.84. The third-order valence-corrected chi connectivity index (χ3v) is 6.13. The molecule has 0 aromatic carbocycles. The molecule has 0 saturated heterocycles. The summed E-state index contributed by atoms with van der Waals surface area (Å²) in [6.45, 7) is 0. The van der Waals surface area contributed by atoms with Gasteiger partial charge in [-0.15, -0.1) is 0 Å². The smallest absolute Gasteiger partial charge is 0.377 e. The van der Waals surface area contributed by atoms with Crippen molar-refractivity contribution in [2.45, 2.75) is 17.6 Å². The molecule has 96 valence electrons. The SMILES string of the molecule is CO[Si](CCCSc1ncccn1)(OC)OC. The monoisotopic (exact) mass is 274 g/mol. The highest BCUT2D eigenvalue weighted by Gasteiger charge is 2.36. The zero-order valence-corrected chi connectivity index (χ0v) is 12.2. The van der Waals surface area contributed by atoms with Gasteiger partial charge in [-0.3, -0.25) is 0 Å². The van der Waals surface area contributed by atoms with E-state index in [0.29, 0.717) is 0 Å². The summed E-state index contributed by atoms with van der Waals surface area (Å²) in [5.74, 6) is 0.925. The molecule has 0 atom stereocenters. The number of hydrogen-bond acceptors (Lipinski definition) is 6. The summed E-state index contributed by atoms with van der Waals surface area (Å²) in [6, 6.07) is 2.61. The lowest BCUT2D eigenvalue weighted by atomic mass is 10.6. The van der Waals surface area contributed by atoms with Crippen molar-refractivity contribution in [1.29, 1.82) is 0 Å². The molecule has 0 aliphatic rings. The van der Waals surface area contributed by atoms with E-state index in [1.807, 2.05) is 6.07 Å². The van der Waals surface area contributed by atoms with E-state index in [0.717, 1.165) is 23.4 Å². The lowest BCUT2D eigenvalue weighted by Gasteiger charge is -2.23. The summed E-state index contributed by atoms with van der Waals surface area (Å²) in [6.07, 6.45) is 4.44. The molecule has 1 aromatic rings. The van der Waals surface area contributed by atoms with E-state index in [9.17, 15) is 0 Å². The Labute approximate surface area is 107 Å². The van der Waals surface area contributed by atoms with Crippen molar-refractivity contribution in [3.05, 3.63) is 18.5 Å². The molecular weight excluding hydrogens is 256 g/mol. The minimum atomic E-state index is -2.41. The maximum Gasteiger partial charge on any atom is 0.500 e. The van der Waals surface area contributed by atoms with Gasteiger partial charge in [0.05, 0.1) is 0 Å². The Hall–Kier alpha value is -0.473. The first-order valence-electron chi connectivity index (χ1n) is 5.31. The molecule has 5 nitrogen and oxygen atoms in total. The molecule has 7 heteroatoms. The summed E-state index contributed by atoms with van der Waals surface area (Å²) in [5, 5.41) is 0.798. The molecule has 0 N–H and O–H groups in total. The second-order valence-electron chi connectivity index (χ2n) is 3.28. The van der Waals surface area contributed by atoms with Gasteiger partial charge in [-0.05, 0) is 12.5 Å². The Morgan fingerprint density at radius 2 is 1.71 bits per heavy atom. The van der Waals surface area contributed by atoms with E-state index >= 15 is 0 Å². The van der Waals surface area contributed by atoms with Gasteiger partial charge in [0.15, 0.2) is 5.16 Å². The van der Waals surface area contributed by atoms with Gasteiger partial charge in [0.25, 0.3) is 0 Å². The summed E-state index contributed by atoms with van der Waals surface area (Å²) >= 11 is 1.63. The topological polar surface area (TPSA) is 53.5 Å². The molecule has 0 unspecified atom stereocenters. The fourth-order valence-corrected chi connectivity index (χ4v) is 4.09. The van der Waals surface area contributed by atoms with Crippen LogP contribution in [0.4, 0.5) is 0 Å². The van der Waals surface area contributed by atoms with Crippen molar-refractivity contribution in [2.24, 2.45) is 0 Å². The number of nitrogens with zero attached hydrogens (tertiary/aromatic N) is 2. The highest BCUT2D eigenvalue weighted by atomic mass is 32.2. The first kappa shape index (κ1) is 14.6. The van der Waals surface area contributed by atoms with Crippen LogP contribution < -0.4 is 0 Å². The van der Waals surface area contributed by atoms with Crippen molar-refractivity contribution < 1.29 is 13.3 Å². The van der Waals surface area contributed by atoms with Gasteiger partial charge < -0.3 is 13.3 Å². The van der Waals surface area contributed by atoms with E-state index < -0.39 is 8.80 Å². The van der Waals surface area contributed by atoms with Crippen LogP contribution in [0.3, 0.4) is 0 Å². The zero-order valence-electron chi connectivity index (χ0n) is 10.4. The molecule has 1 aromatic heterocycles. The largest absolute Gasteiger partial charge is 0.500 e. The molecule has 0 bridgehead atoms. The maximum absolute atomic E-state index is 5.34. The van der Waals surface area contributed by atoms with E-state index in [-0.39, 0.29) is 0 Å². The van der Waals surface area contributed by atoms with E-state index in [4.69, 9.17) is 13.3 Å². The summed E-state index contributed by atoms with van der Waals surface area (Å²) in [5.41, 5.74) is 0. The molecule has 0 aliphatic carbocycles. The summed E-state index contributed by atoms with van der Waals surface area (Å²) in [7, 11) is 2.49. The normalized spacial score (nSPS) is 11.7. The van der Waals surface area contributed by atoms with Crippen molar-refractivity contribution in [1.82, 2.24) is 9.97 Å². The highest BCUT2D eigenvalue weighted by molar-refractivity contribution is 7.99. The van der Waals surface area contributed by atoms with Crippen LogP contribution in [0.1, 0.15) is 6.42 Å². The number of rotatable bonds is 8. The lowest BCUT2D eigenvalue weighted by Crippen LogP contribution is -2.42. The Balaban J connectivity index is 2.28. The quantitative estimate of drug-likeness (QED) is 0.312. The molecular formula is C10H18N2O3SSi. The van der Waals surface area contributed by atoms with Crippen LogP contribution in [0.25, 0.3) is 0 Å². The second kappa shape index (κ2) is 7.78. The first-order valence-corrected chi connectivity index (χ1v) is 8.23. The molecule has 0 aliphatic heterocycles. The Bertz CT molecular complexity index is 303. The molecule has 0 saturated carbocycles. The van der Waals surface area contributed by atoms with Gasteiger partial charge in [0, 0.05) is 45.5 Å². The van der Waals surface area contributed by atoms with Gasteiger partial charge in [-0.2, -0.15) is 0 Å². The van der Waals surface area contributed by atoms with E-state index in [2.05, 4.69) is 9.97 Å². The van der Waals surface area contributed by atoms with Crippen LogP contribution in [0.15, 0.2) is 23.6 Å². The zero-order chi connectivity index (χ0) is 12.6. The predicted molar refractivity (Wildman–Crippen MR) is 69.0 cm³/mol. The molecule has 1 heterocycles. The Morgan fingerprint density at radius 3 is 2.24 bits per heavy atom. The van der Waals surface area contributed by atoms with Crippen molar-refractivity contribution in [2.75, 3.05) is 27.1 Å². The van der Waals surface area contributed by atoms with E-state index in [1.165, 1.54) is 0 Å². The van der Waals surface area contributed by atoms with Gasteiger partial charge in [0.1, 0.15) is 0 Å². The average Bonchev–Trinajstić information content (AvgIpc) is 2.41. The Morgan fingerprint density at radius 1 is 1.12 bits per heavy atom. The highest BCUT2D eigenvalue weighted by Crippen LogP contribution is 2.19. The maximum atomic E-state index is 5.34. The number of hydrogen-bond donors (Lipinski definition) is 0. The molecule has 0 amide bonds. The van der Waals surface area contributed by atoms with Gasteiger partial charge in [-0.1, -0.05) is 11.8 Å². The minimum Gasteiger partial charge on any atom is -0.377 e. The van der Waals surface area contributed by atoms with E-state index in [1.54, 1.807) is 45.5 Å². The van der Waals surface area contributed by atoms with Crippen LogP contribution in [-0.4, -0.2) is 45.9 Å². The van der Waals surface area contributed by atoms with Crippen LogP contribution in [0.5, 0.6) is 0 Å². The second-order valence-corrected chi connectivity index (χ2v) is 7.43. The van der Waals surface area contributed by atoms with Crippen molar-refractivity contribution >= 4 is 20.6 Å². The standard InChI is InChI=1S/C10H18N2O3SSi/c1-13-17(14-2,15-3)9-5-8-16-10-11-6-4-7-12-10/h4,6-7H,5,8-9H2,1-3H3. The number of thioether (sulfide) groups is 1. The number of aromatic nitrogens is 2. The molecule has 0 spiro atoms. The first-order chi connectivity index (χ1) is 8.26. The third kappa shape index (κ3) is 4.72. The lowest BCUT2D eigenvalue weighted by molar-refractivity contribution is 0.123. The molecule has 0 radical (unpaired) electrons. The summed E-state index contributed by atoms with van der Waals surface area (Å²) < 4.78 is 16.0. The average molecular weight is 274 g/mol. The van der Waals surface area contributed by atoms with Crippen molar-refractivity contribution in [3.63, 3.8) is 0 Å². The van der Waals surface area contributed by atoms with Gasteiger partial charge >= 0.3 is 8.80 Å². The molecule has 1 rings (SSSR count). The van der Waals surface area contributed by atoms with Crippen LogP contribution >= 0.6 is 11.8 Å². The molecule has 17 heavy (non-hydrogen) atoms. The third-order valence-electron chi connectivity index (χ3n) is 2.33. The van der Waals surface area contributed by atoms with Crippen LogP contribution in [0, 0.1) is 0 Å². The van der Waals surface area contributed by atoms with Crippen LogP contribution in [0.2, 0.25) is 6.04 Å². The van der Waals surface area contributed by atoms with Crippen molar-refractivity contribution in [3.8, 4) is 0 Å². The molecule has 0 fully saturated rings. The van der Waals surface area contributed by atoms with Crippen LogP contribution in [-0.2, 0) is 13.3 Å². The Kier molecular flexibility index (Phi) is 6.67. The minimum absolute atomic E-state index is 0.798. The summed E-state index contributed by atoms with van der Waals surface area (Å²) in [4.78, 5) is 8.29. The van der Waals surface area contributed by atoms with Gasteiger partial charge in [-0.25, -0.2) is 9.97 Å². The fourth-order valence-electron chi connectivity index (χ4n) is 1.37. The fraction of sp³-hybridized carbons (Fsp3) is 0.600.